The first-order valence-corrected chi connectivity index (χ1v) is 12.5. The molecule has 0 fully saturated rings. The van der Waals surface area contributed by atoms with E-state index in [4.69, 9.17) is 0 Å². The van der Waals surface area contributed by atoms with Gasteiger partial charge in [-0.1, -0.05) is 85.8 Å². The molecule has 0 aromatic heterocycles. The van der Waals surface area contributed by atoms with Gasteiger partial charge in [0, 0.05) is 32.1 Å². The summed E-state index contributed by atoms with van der Waals surface area (Å²) in [6.07, 6.45) is 6.61. The lowest BCUT2D eigenvalue weighted by Gasteiger charge is -2.33. The van der Waals surface area contributed by atoms with Crippen LogP contribution in [0.4, 0.5) is 0 Å². The summed E-state index contributed by atoms with van der Waals surface area (Å²) in [4.78, 5) is 26.8. The molecule has 0 atom stereocenters. The van der Waals surface area contributed by atoms with Gasteiger partial charge >= 0.3 is 0 Å². The van der Waals surface area contributed by atoms with E-state index < -0.39 is 0 Å². The van der Waals surface area contributed by atoms with E-state index in [2.05, 4.69) is 54.0 Å². The van der Waals surface area contributed by atoms with Crippen molar-refractivity contribution in [2.45, 2.75) is 57.8 Å². The Hall–Kier alpha value is -2.52. The number of rotatable bonds is 6. The van der Waals surface area contributed by atoms with Crippen LogP contribution in [0.3, 0.4) is 0 Å². The average molecular weight is 487 g/mol. The van der Waals surface area contributed by atoms with Crippen molar-refractivity contribution < 1.29 is 9.59 Å². The molecule has 32 heavy (non-hydrogen) atoms. The van der Waals surface area contributed by atoms with Gasteiger partial charge in [0.25, 0.3) is 0 Å². The van der Waals surface area contributed by atoms with Crippen LogP contribution in [-0.2, 0) is 5.41 Å². The first kappa shape index (κ1) is 21.3. The summed E-state index contributed by atoms with van der Waals surface area (Å²) >= 11 is 3.69. The third kappa shape index (κ3) is 3.05. The Morgan fingerprint density at radius 3 is 1.81 bits per heavy atom. The molecule has 0 unspecified atom stereocenters. The molecule has 0 saturated carbocycles. The van der Waals surface area contributed by atoms with Crippen LogP contribution in [0.1, 0.15) is 95.3 Å². The SMILES string of the molecule is CCCCC1(CCCC)c2cc(Br)ccc2-c2cc3c(cc21)C(=O)c1ccccc1C3=O. The zero-order chi connectivity index (χ0) is 22.5. The summed E-state index contributed by atoms with van der Waals surface area (Å²) in [7, 11) is 0. The number of fused-ring (bicyclic) bond motifs is 5. The van der Waals surface area contributed by atoms with E-state index in [0.717, 1.165) is 48.6 Å². The first-order valence-electron chi connectivity index (χ1n) is 11.7. The molecule has 0 amide bonds. The van der Waals surface area contributed by atoms with Crippen molar-refractivity contribution in [3.63, 3.8) is 0 Å². The minimum atomic E-state index is -0.115. The van der Waals surface area contributed by atoms with Gasteiger partial charge in [0.1, 0.15) is 0 Å². The zero-order valence-corrected chi connectivity index (χ0v) is 20.2. The smallest absolute Gasteiger partial charge is 0.194 e. The summed E-state index contributed by atoms with van der Waals surface area (Å²) in [5, 5.41) is 0. The van der Waals surface area contributed by atoms with Gasteiger partial charge in [-0.3, -0.25) is 9.59 Å². The number of benzene rings is 3. The lowest BCUT2D eigenvalue weighted by molar-refractivity contribution is 0.0979. The van der Waals surface area contributed by atoms with Crippen LogP contribution in [0.5, 0.6) is 0 Å². The topological polar surface area (TPSA) is 34.1 Å². The molecule has 162 valence electrons. The Kier molecular flexibility index (Phi) is 5.41. The quantitative estimate of drug-likeness (QED) is 0.277. The molecule has 0 heterocycles. The van der Waals surface area contributed by atoms with Gasteiger partial charge in [0.15, 0.2) is 11.6 Å². The third-order valence-electron chi connectivity index (χ3n) is 7.28. The van der Waals surface area contributed by atoms with Crippen molar-refractivity contribution in [2.24, 2.45) is 0 Å². The highest BCUT2D eigenvalue weighted by molar-refractivity contribution is 9.10. The Balaban J connectivity index is 1.78. The maximum Gasteiger partial charge on any atom is 0.194 e. The molecule has 0 spiro atoms. The van der Waals surface area contributed by atoms with E-state index in [1.807, 2.05) is 18.2 Å². The van der Waals surface area contributed by atoms with E-state index in [9.17, 15) is 9.59 Å². The monoisotopic (exact) mass is 486 g/mol. The van der Waals surface area contributed by atoms with E-state index in [0.29, 0.717) is 22.3 Å². The average Bonchev–Trinajstić information content (AvgIpc) is 3.07. The standard InChI is InChI=1S/C29H27BrO2/c1-3-5-13-29(14-6-4-2)25-15-18(30)11-12-19(25)22-16-23-24(17-26(22)29)28(32)21-10-8-7-9-20(21)27(23)31/h7-12,15-17H,3-6,13-14H2,1-2H3. The number of carbonyl (C=O) groups is 2. The molecular weight excluding hydrogens is 460 g/mol. The largest absolute Gasteiger partial charge is 0.289 e. The van der Waals surface area contributed by atoms with Crippen LogP contribution >= 0.6 is 15.9 Å². The van der Waals surface area contributed by atoms with Gasteiger partial charge < -0.3 is 0 Å². The van der Waals surface area contributed by atoms with Gasteiger partial charge in [-0.25, -0.2) is 0 Å². The number of halogens is 1. The molecule has 2 aliphatic carbocycles. The molecule has 0 radical (unpaired) electrons. The highest BCUT2D eigenvalue weighted by Gasteiger charge is 2.44. The molecule has 2 nitrogen and oxygen atoms in total. The number of carbonyl (C=O) groups excluding carboxylic acids is 2. The van der Waals surface area contributed by atoms with Crippen LogP contribution in [0.15, 0.2) is 59.1 Å². The van der Waals surface area contributed by atoms with Crippen LogP contribution in [0.25, 0.3) is 11.1 Å². The number of hydrogen-bond acceptors (Lipinski definition) is 2. The molecular formula is C29H27BrO2. The van der Waals surface area contributed by atoms with Gasteiger partial charge in [-0.05, 0) is 59.4 Å². The minimum absolute atomic E-state index is 0.0324. The predicted molar refractivity (Wildman–Crippen MR) is 133 cm³/mol. The summed E-state index contributed by atoms with van der Waals surface area (Å²) in [6, 6.07) is 17.8. The Labute approximate surface area is 198 Å². The van der Waals surface area contributed by atoms with Crippen molar-refractivity contribution in [3.05, 3.63) is 92.5 Å². The molecule has 3 heteroatoms. The molecule has 2 aliphatic rings. The Morgan fingerprint density at radius 1 is 0.656 bits per heavy atom. The second-order valence-corrected chi connectivity index (χ2v) is 10.0. The fourth-order valence-corrected chi connectivity index (χ4v) is 6.04. The first-order chi connectivity index (χ1) is 15.5. The van der Waals surface area contributed by atoms with E-state index in [1.54, 1.807) is 12.1 Å². The molecule has 0 saturated heterocycles. The molecule has 3 aromatic rings. The van der Waals surface area contributed by atoms with E-state index in [-0.39, 0.29) is 17.0 Å². The number of unbranched alkanes of at least 4 members (excludes halogenated alkanes) is 2. The van der Waals surface area contributed by atoms with Gasteiger partial charge in [0.05, 0.1) is 0 Å². The minimum Gasteiger partial charge on any atom is -0.289 e. The predicted octanol–water partition coefficient (Wildman–Crippen LogP) is 7.87. The molecule has 3 aromatic carbocycles. The lowest BCUT2D eigenvalue weighted by atomic mass is 9.70. The van der Waals surface area contributed by atoms with Gasteiger partial charge in [-0.2, -0.15) is 0 Å². The fourth-order valence-electron chi connectivity index (χ4n) is 5.68. The van der Waals surface area contributed by atoms with Crippen molar-refractivity contribution in [1.29, 1.82) is 0 Å². The molecule has 5 rings (SSSR count). The van der Waals surface area contributed by atoms with Gasteiger partial charge in [-0.15, -0.1) is 0 Å². The number of hydrogen-bond donors (Lipinski definition) is 0. The normalized spacial score (nSPS) is 15.2. The lowest BCUT2D eigenvalue weighted by Crippen LogP contribution is -2.27. The third-order valence-corrected chi connectivity index (χ3v) is 7.77. The van der Waals surface area contributed by atoms with Crippen molar-refractivity contribution >= 4 is 27.5 Å². The second-order valence-electron chi connectivity index (χ2n) is 9.13. The summed E-state index contributed by atoms with van der Waals surface area (Å²) in [5.41, 5.74) is 6.93. The molecule has 0 aliphatic heterocycles. The summed E-state index contributed by atoms with van der Waals surface area (Å²) in [5.74, 6) is -0.0775. The second kappa shape index (κ2) is 8.12. The highest BCUT2D eigenvalue weighted by atomic mass is 79.9. The summed E-state index contributed by atoms with van der Waals surface area (Å²) in [6.45, 7) is 4.47. The maximum absolute atomic E-state index is 13.5. The van der Waals surface area contributed by atoms with Crippen molar-refractivity contribution in [1.82, 2.24) is 0 Å². The van der Waals surface area contributed by atoms with Crippen LogP contribution in [0, 0.1) is 0 Å². The Bertz CT molecular complexity index is 1250. The van der Waals surface area contributed by atoms with Gasteiger partial charge in [0.2, 0.25) is 0 Å². The van der Waals surface area contributed by atoms with E-state index in [1.165, 1.54) is 16.7 Å². The van der Waals surface area contributed by atoms with Crippen LogP contribution in [-0.4, -0.2) is 11.6 Å². The van der Waals surface area contributed by atoms with E-state index >= 15 is 0 Å². The highest BCUT2D eigenvalue weighted by Crippen LogP contribution is 2.55. The van der Waals surface area contributed by atoms with Crippen molar-refractivity contribution in [3.8, 4) is 11.1 Å². The molecule has 0 N–H and O–H groups in total. The fraction of sp³-hybridized carbons (Fsp3) is 0.310. The summed E-state index contributed by atoms with van der Waals surface area (Å²) < 4.78 is 1.07. The van der Waals surface area contributed by atoms with Crippen molar-refractivity contribution in [2.75, 3.05) is 0 Å². The zero-order valence-electron chi connectivity index (χ0n) is 18.6. The van der Waals surface area contributed by atoms with Crippen LogP contribution in [0.2, 0.25) is 0 Å². The maximum atomic E-state index is 13.5. The van der Waals surface area contributed by atoms with Crippen LogP contribution < -0.4 is 0 Å². The molecule has 0 bridgehead atoms. The Morgan fingerprint density at radius 2 is 1.22 bits per heavy atom. The number of ketones is 2.